The number of carbonyl (C=O) groups excluding carboxylic acids is 1. The van der Waals surface area contributed by atoms with E-state index in [0.29, 0.717) is 28.5 Å². The maximum Gasteiger partial charge on any atom is 0.277 e. The van der Waals surface area contributed by atoms with E-state index in [1.165, 1.54) is 6.92 Å². The van der Waals surface area contributed by atoms with Crippen LogP contribution in [-0.2, 0) is 5.60 Å². The van der Waals surface area contributed by atoms with Gasteiger partial charge in [0.2, 0.25) is 11.7 Å². The molecule has 0 radical (unpaired) electrons. The van der Waals surface area contributed by atoms with Gasteiger partial charge >= 0.3 is 0 Å². The summed E-state index contributed by atoms with van der Waals surface area (Å²) < 4.78 is 24.9. The first kappa shape index (κ1) is 19.0. The standard InChI is InChI=1S/C19H15FN4O4S/c1-9-22-18(24-28-9)19(2,26)6-5-10-3-4-13-11(7-10)14-15(12(20)8-27-13)29-17(23-14)16(21)25/h3-4,7,12,26H,8H2,1-2H3,(H2,21,25)/t12-,19-/m1/s1. The maximum absolute atomic E-state index is 14.5. The average Bonchev–Trinajstić information content (AvgIpc) is 3.29. The van der Waals surface area contributed by atoms with Gasteiger partial charge in [-0.05, 0) is 25.1 Å². The van der Waals surface area contributed by atoms with Gasteiger partial charge in [-0.15, -0.1) is 11.3 Å². The fraction of sp³-hybridized carbons (Fsp3) is 0.263. The van der Waals surface area contributed by atoms with Crippen LogP contribution in [0.5, 0.6) is 5.75 Å². The molecule has 1 amide bonds. The van der Waals surface area contributed by atoms with Crippen LogP contribution in [0.4, 0.5) is 4.39 Å². The number of ether oxygens (including phenoxy) is 1. The molecular formula is C19H15FN4O4S. The van der Waals surface area contributed by atoms with E-state index in [1.54, 1.807) is 25.1 Å². The Hall–Kier alpha value is -3.29. The number of nitrogens with zero attached hydrogens (tertiary/aromatic N) is 3. The molecule has 3 aromatic rings. The van der Waals surface area contributed by atoms with E-state index in [2.05, 4.69) is 27.0 Å². The molecule has 4 rings (SSSR count). The number of aryl methyl sites for hydroxylation is 1. The number of benzene rings is 1. The topological polar surface area (TPSA) is 124 Å². The van der Waals surface area contributed by atoms with Crippen LogP contribution >= 0.6 is 11.3 Å². The SMILES string of the molecule is Cc1nc([C@](C)(O)C#Cc2ccc3c(c2)-c2nc(C(N)=O)sc2[C@H](F)CO3)no1. The molecule has 0 saturated heterocycles. The molecule has 2 atom stereocenters. The van der Waals surface area contributed by atoms with Crippen LogP contribution in [0.3, 0.4) is 0 Å². The number of hydrogen-bond acceptors (Lipinski definition) is 8. The quantitative estimate of drug-likeness (QED) is 0.616. The number of primary amides is 1. The molecule has 0 saturated carbocycles. The third-order valence-corrected chi connectivity index (χ3v) is 5.34. The number of aliphatic hydroxyl groups is 1. The second-order valence-corrected chi connectivity index (χ2v) is 7.58. The highest BCUT2D eigenvalue weighted by atomic mass is 32.1. The van der Waals surface area contributed by atoms with E-state index in [4.69, 9.17) is 15.0 Å². The number of hydrogen-bond donors (Lipinski definition) is 2. The van der Waals surface area contributed by atoms with Crippen molar-refractivity contribution in [3.8, 4) is 28.8 Å². The van der Waals surface area contributed by atoms with Crippen molar-refractivity contribution >= 4 is 17.2 Å². The molecule has 0 bridgehead atoms. The van der Waals surface area contributed by atoms with Crippen molar-refractivity contribution in [3.63, 3.8) is 0 Å². The zero-order chi connectivity index (χ0) is 20.8. The summed E-state index contributed by atoms with van der Waals surface area (Å²) in [5.41, 5.74) is 4.98. The summed E-state index contributed by atoms with van der Waals surface area (Å²) in [5.74, 6) is 5.60. The van der Waals surface area contributed by atoms with Crippen molar-refractivity contribution in [2.75, 3.05) is 6.61 Å². The fourth-order valence-electron chi connectivity index (χ4n) is 2.75. The Balaban J connectivity index is 1.76. The third kappa shape index (κ3) is 3.57. The predicted octanol–water partition coefficient (Wildman–Crippen LogP) is 2.26. The van der Waals surface area contributed by atoms with Gasteiger partial charge in [-0.3, -0.25) is 4.79 Å². The monoisotopic (exact) mass is 414 g/mol. The molecule has 1 aliphatic rings. The molecule has 2 aromatic heterocycles. The highest BCUT2D eigenvalue weighted by molar-refractivity contribution is 7.14. The van der Waals surface area contributed by atoms with Crippen LogP contribution in [0.25, 0.3) is 11.3 Å². The van der Waals surface area contributed by atoms with Gasteiger partial charge in [0.05, 0.1) is 10.6 Å². The summed E-state index contributed by atoms with van der Waals surface area (Å²) in [5, 5.41) is 14.2. The van der Waals surface area contributed by atoms with Crippen LogP contribution in [0.15, 0.2) is 22.7 Å². The van der Waals surface area contributed by atoms with Crippen molar-refractivity contribution in [1.82, 2.24) is 15.1 Å². The number of rotatable bonds is 2. The van der Waals surface area contributed by atoms with E-state index in [-0.39, 0.29) is 22.3 Å². The summed E-state index contributed by atoms with van der Waals surface area (Å²) in [6.07, 6.45) is -1.43. The third-order valence-electron chi connectivity index (χ3n) is 4.18. The van der Waals surface area contributed by atoms with Crippen molar-refractivity contribution in [3.05, 3.63) is 45.4 Å². The number of fused-ring (bicyclic) bond motifs is 3. The van der Waals surface area contributed by atoms with Gasteiger partial charge in [0.1, 0.15) is 12.4 Å². The van der Waals surface area contributed by atoms with Crippen LogP contribution in [0.1, 0.15) is 45.1 Å². The molecule has 1 aliphatic heterocycles. The van der Waals surface area contributed by atoms with Gasteiger partial charge in [0.25, 0.3) is 5.91 Å². The Labute approximate surface area is 168 Å². The van der Waals surface area contributed by atoms with E-state index in [0.717, 1.165) is 11.3 Å². The first-order chi connectivity index (χ1) is 13.7. The zero-order valence-corrected chi connectivity index (χ0v) is 16.2. The summed E-state index contributed by atoms with van der Waals surface area (Å²) in [6.45, 7) is 2.86. The molecule has 0 fully saturated rings. The highest BCUT2D eigenvalue weighted by Crippen LogP contribution is 2.42. The molecule has 8 nitrogen and oxygen atoms in total. The van der Waals surface area contributed by atoms with Crippen LogP contribution in [-0.4, -0.2) is 32.7 Å². The largest absolute Gasteiger partial charge is 0.489 e. The lowest BCUT2D eigenvalue weighted by Gasteiger charge is -2.10. The van der Waals surface area contributed by atoms with E-state index >= 15 is 0 Å². The lowest BCUT2D eigenvalue weighted by Crippen LogP contribution is -2.20. The summed E-state index contributed by atoms with van der Waals surface area (Å²) >= 11 is 0.908. The Morgan fingerprint density at radius 2 is 2.24 bits per heavy atom. The average molecular weight is 414 g/mol. The van der Waals surface area contributed by atoms with Crippen molar-refractivity contribution in [2.24, 2.45) is 5.73 Å². The van der Waals surface area contributed by atoms with Gasteiger partial charge < -0.3 is 20.1 Å². The van der Waals surface area contributed by atoms with Crippen molar-refractivity contribution in [2.45, 2.75) is 25.6 Å². The van der Waals surface area contributed by atoms with Crippen LogP contribution in [0, 0.1) is 18.8 Å². The lowest BCUT2D eigenvalue weighted by molar-refractivity contribution is 0.0999. The van der Waals surface area contributed by atoms with E-state index in [9.17, 15) is 14.3 Å². The Morgan fingerprint density at radius 1 is 1.45 bits per heavy atom. The molecule has 0 aliphatic carbocycles. The predicted molar refractivity (Wildman–Crippen MR) is 101 cm³/mol. The number of amides is 1. The highest BCUT2D eigenvalue weighted by Gasteiger charge is 2.29. The van der Waals surface area contributed by atoms with Gasteiger partial charge in [-0.1, -0.05) is 17.0 Å². The minimum atomic E-state index is -1.63. The number of halogens is 1. The van der Waals surface area contributed by atoms with Crippen LogP contribution in [0.2, 0.25) is 0 Å². The van der Waals surface area contributed by atoms with Gasteiger partial charge in [-0.25, -0.2) is 9.37 Å². The number of carbonyl (C=O) groups is 1. The second-order valence-electron chi connectivity index (χ2n) is 6.54. The van der Waals surface area contributed by atoms with Gasteiger partial charge in [0.15, 0.2) is 16.8 Å². The molecule has 29 heavy (non-hydrogen) atoms. The smallest absolute Gasteiger partial charge is 0.277 e. The normalized spacial score (nSPS) is 17.0. The zero-order valence-electron chi connectivity index (χ0n) is 15.4. The molecule has 148 valence electrons. The molecule has 3 heterocycles. The second kappa shape index (κ2) is 6.95. The summed E-state index contributed by atoms with van der Waals surface area (Å²) in [4.78, 5) is 19.9. The lowest BCUT2D eigenvalue weighted by atomic mass is 10.0. The minimum absolute atomic E-state index is 0.0254. The summed E-state index contributed by atoms with van der Waals surface area (Å²) in [6, 6.07) is 4.96. The van der Waals surface area contributed by atoms with E-state index < -0.39 is 17.7 Å². The number of nitrogens with two attached hydrogens (primary N) is 1. The van der Waals surface area contributed by atoms with Crippen LogP contribution < -0.4 is 10.5 Å². The molecule has 10 heteroatoms. The Kier molecular flexibility index (Phi) is 4.56. The fourth-order valence-corrected chi connectivity index (χ4v) is 3.64. The Bertz CT molecular complexity index is 1170. The van der Waals surface area contributed by atoms with Gasteiger partial charge in [0, 0.05) is 18.1 Å². The molecule has 1 aromatic carbocycles. The van der Waals surface area contributed by atoms with Crippen molar-refractivity contribution < 1.29 is 23.6 Å². The minimum Gasteiger partial charge on any atom is -0.489 e. The number of thiazole rings is 1. The number of aromatic nitrogens is 3. The molecule has 0 unspecified atom stereocenters. The Morgan fingerprint density at radius 3 is 2.93 bits per heavy atom. The first-order valence-electron chi connectivity index (χ1n) is 8.53. The van der Waals surface area contributed by atoms with Crippen molar-refractivity contribution in [1.29, 1.82) is 0 Å². The van der Waals surface area contributed by atoms with E-state index in [1.807, 2.05) is 0 Å². The molecule has 0 spiro atoms. The first-order valence-corrected chi connectivity index (χ1v) is 9.34. The number of alkyl halides is 1. The molecular weight excluding hydrogens is 399 g/mol. The van der Waals surface area contributed by atoms with Gasteiger partial charge in [-0.2, -0.15) is 4.98 Å². The molecule has 3 N–H and O–H groups in total. The summed E-state index contributed by atoms with van der Waals surface area (Å²) in [7, 11) is 0. The maximum atomic E-state index is 14.5.